The second-order valence-corrected chi connectivity index (χ2v) is 7.63. The maximum absolute atomic E-state index is 13.5. The second kappa shape index (κ2) is 5.86. The molecule has 0 amide bonds. The quantitative estimate of drug-likeness (QED) is 0.306. The van der Waals surface area contributed by atoms with Crippen molar-refractivity contribution in [3.63, 3.8) is 0 Å². The summed E-state index contributed by atoms with van der Waals surface area (Å²) in [6.45, 7) is 2.08. The average Bonchev–Trinajstić information content (AvgIpc) is 3.05. The molecule has 136 valence electrons. The summed E-state index contributed by atoms with van der Waals surface area (Å²) in [5.41, 5.74) is 7.34. The highest BCUT2D eigenvalue weighted by molar-refractivity contribution is 6.29. The maximum atomic E-state index is 13.5. The van der Waals surface area contributed by atoms with Gasteiger partial charge in [0.1, 0.15) is 0 Å². The Bertz CT molecular complexity index is 1460. The summed E-state index contributed by atoms with van der Waals surface area (Å²) in [4.78, 5) is 18.5. The summed E-state index contributed by atoms with van der Waals surface area (Å²) < 4.78 is 0. The van der Waals surface area contributed by atoms with Crippen molar-refractivity contribution in [3.8, 4) is 22.4 Å². The number of aryl methyl sites for hydroxylation is 1. The molecular formula is C27H17NO. The second-order valence-electron chi connectivity index (χ2n) is 7.63. The van der Waals surface area contributed by atoms with Gasteiger partial charge in [-0.2, -0.15) is 0 Å². The van der Waals surface area contributed by atoms with Gasteiger partial charge in [0.05, 0.1) is 16.8 Å². The topological polar surface area (TPSA) is 30.0 Å². The molecule has 0 atom stereocenters. The molecule has 1 aliphatic carbocycles. The molecule has 2 heteroatoms. The van der Waals surface area contributed by atoms with E-state index in [0.29, 0.717) is 0 Å². The number of benzene rings is 4. The Hall–Kier alpha value is -3.78. The number of nitrogens with zero attached hydrogens (tertiary/aromatic N) is 1. The molecule has 0 fully saturated rings. The Morgan fingerprint density at radius 2 is 1.41 bits per heavy atom. The molecule has 0 saturated carbocycles. The minimum atomic E-state index is 0.0634. The number of hydrogen-bond acceptors (Lipinski definition) is 2. The highest BCUT2D eigenvalue weighted by atomic mass is 16.1. The van der Waals surface area contributed by atoms with Gasteiger partial charge in [-0.3, -0.25) is 4.79 Å². The lowest BCUT2D eigenvalue weighted by Crippen LogP contribution is -2.01. The van der Waals surface area contributed by atoms with Gasteiger partial charge in [-0.15, -0.1) is 0 Å². The SMILES string of the molecule is Cc1ccc(-c2c3c(nc4ccc5ccccc5c24)-c2ccccc2C3=O)cc1. The molecule has 4 aromatic carbocycles. The van der Waals surface area contributed by atoms with Crippen molar-refractivity contribution >= 4 is 27.5 Å². The van der Waals surface area contributed by atoms with E-state index in [2.05, 4.69) is 55.5 Å². The smallest absolute Gasteiger partial charge is 0.196 e. The number of aromatic nitrogens is 1. The fraction of sp³-hybridized carbons (Fsp3) is 0.0370. The normalized spacial score (nSPS) is 12.4. The molecule has 0 unspecified atom stereocenters. The largest absolute Gasteiger partial charge is 0.288 e. The molecule has 0 radical (unpaired) electrons. The maximum Gasteiger partial charge on any atom is 0.196 e. The predicted molar refractivity (Wildman–Crippen MR) is 118 cm³/mol. The van der Waals surface area contributed by atoms with Crippen molar-refractivity contribution in [2.24, 2.45) is 0 Å². The van der Waals surface area contributed by atoms with Crippen LogP contribution in [0.1, 0.15) is 21.5 Å². The Morgan fingerprint density at radius 1 is 0.690 bits per heavy atom. The summed E-state index contributed by atoms with van der Waals surface area (Å²) in [7, 11) is 0. The molecule has 1 aromatic heterocycles. The molecule has 0 bridgehead atoms. The lowest BCUT2D eigenvalue weighted by atomic mass is 9.90. The zero-order chi connectivity index (χ0) is 19.5. The Labute approximate surface area is 168 Å². The summed E-state index contributed by atoms with van der Waals surface area (Å²) in [6.07, 6.45) is 0. The fourth-order valence-electron chi connectivity index (χ4n) is 4.48. The molecule has 0 spiro atoms. The van der Waals surface area contributed by atoms with Crippen LogP contribution in [0.3, 0.4) is 0 Å². The molecule has 6 rings (SSSR count). The van der Waals surface area contributed by atoms with Gasteiger partial charge >= 0.3 is 0 Å². The number of ketones is 1. The van der Waals surface area contributed by atoms with Gasteiger partial charge < -0.3 is 0 Å². The summed E-state index contributed by atoms with van der Waals surface area (Å²) in [6, 6.07) is 28.7. The molecule has 0 N–H and O–H groups in total. The van der Waals surface area contributed by atoms with Crippen molar-refractivity contribution in [2.45, 2.75) is 6.92 Å². The van der Waals surface area contributed by atoms with Crippen molar-refractivity contribution in [3.05, 3.63) is 102 Å². The van der Waals surface area contributed by atoms with E-state index in [1.54, 1.807) is 0 Å². The van der Waals surface area contributed by atoms with Crippen LogP contribution in [0.5, 0.6) is 0 Å². The van der Waals surface area contributed by atoms with E-state index in [-0.39, 0.29) is 5.78 Å². The molecule has 0 aliphatic heterocycles. The third-order valence-corrected chi connectivity index (χ3v) is 5.87. The lowest BCUT2D eigenvalue weighted by molar-refractivity contribution is 0.104. The van der Waals surface area contributed by atoms with E-state index in [0.717, 1.165) is 55.2 Å². The highest BCUT2D eigenvalue weighted by Gasteiger charge is 2.32. The number of rotatable bonds is 1. The number of pyridine rings is 1. The van der Waals surface area contributed by atoms with E-state index in [1.807, 2.05) is 36.4 Å². The zero-order valence-electron chi connectivity index (χ0n) is 15.9. The van der Waals surface area contributed by atoms with Crippen LogP contribution in [-0.4, -0.2) is 10.8 Å². The van der Waals surface area contributed by atoms with Gasteiger partial charge in [0, 0.05) is 22.1 Å². The third kappa shape index (κ3) is 2.23. The van der Waals surface area contributed by atoms with E-state index >= 15 is 0 Å². The number of carbonyl (C=O) groups excluding carboxylic acids is 1. The van der Waals surface area contributed by atoms with E-state index in [4.69, 9.17) is 4.98 Å². The minimum absolute atomic E-state index is 0.0634. The zero-order valence-corrected chi connectivity index (χ0v) is 15.9. The van der Waals surface area contributed by atoms with Crippen LogP contribution in [0.15, 0.2) is 84.9 Å². The van der Waals surface area contributed by atoms with Gasteiger partial charge in [0.2, 0.25) is 0 Å². The van der Waals surface area contributed by atoms with Crippen LogP contribution < -0.4 is 0 Å². The molecular weight excluding hydrogens is 354 g/mol. The molecule has 0 saturated heterocycles. The molecule has 1 aliphatic rings. The third-order valence-electron chi connectivity index (χ3n) is 5.87. The minimum Gasteiger partial charge on any atom is -0.288 e. The molecule has 29 heavy (non-hydrogen) atoms. The first-order valence-corrected chi connectivity index (χ1v) is 9.79. The van der Waals surface area contributed by atoms with Gasteiger partial charge in [-0.05, 0) is 29.3 Å². The monoisotopic (exact) mass is 371 g/mol. The predicted octanol–water partition coefficient (Wildman–Crippen LogP) is 6.57. The number of carbonyl (C=O) groups is 1. The van der Waals surface area contributed by atoms with Crippen LogP contribution >= 0.6 is 0 Å². The van der Waals surface area contributed by atoms with Crippen LogP contribution in [0.2, 0.25) is 0 Å². The molecule has 5 aromatic rings. The standard InChI is InChI=1S/C27H17NO/c1-16-10-12-18(13-11-16)23-24-19-7-3-2-6-17(19)14-15-22(24)28-26-20-8-4-5-9-21(20)27(29)25(23)26/h2-15H,1H3. The first kappa shape index (κ1) is 16.2. The van der Waals surface area contributed by atoms with E-state index in [1.165, 1.54) is 5.56 Å². The Kier molecular flexibility index (Phi) is 3.27. The van der Waals surface area contributed by atoms with Gasteiger partial charge in [-0.25, -0.2) is 4.98 Å². The number of hydrogen-bond donors (Lipinski definition) is 0. The summed E-state index contributed by atoms with van der Waals surface area (Å²) in [5, 5.41) is 3.32. The van der Waals surface area contributed by atoms with Crippen LogP contribution in [-0.2, 0) is 0 Å². The Balaban J connectivity index is 1.85. The fourth-order valence-corrected chi connectivity index (χ4v) is 4.48. The van der Waals surface area contributed by atoms with Crippen molar-refractivity contribution in [2.75, 3.05) is 0 Å². The highest BCUT2D eigenvalue weighted by Crippen LogP contribution is 2.45. The van der Waals surface area contributed by atoms with E-state index in [9.17, 15) is 4.79 Å². The Morgan fingerprint density at radius 3 is 2.24 bits per heavy atom. The number of fused-ring (bicyclic) bond motifs is 6. The van der Waals surface area contributed by atoms with Crippen LogP contribution in [0, 0.1) is 6.92 Å². The lowest BCUT2D eigenvalue weighted by Gasteiger charge is -2.15. The van der Waals surface area contributed by atoms with Crippen molar-refractivity contribution < 1.29 is 4.79 Å². The van der Waals surface area contributed by atoms with Crippen molar-refractivity contribution in [1.82, 2.24) is 4.98 Å². The van der Waals surface area contributed by atoms with Crippen molar-refractivity contribution in [1.29, 1.82) is 0 Å². The van der Waals surface area contributed by atoms with E-state index < -0.39 is 0 Å². The summed E-state index contributed by atoms with van der Waals surface area (Å²) in [5.74, 6) is 0.0634. The summed E-state index contributed by atoms with van der Waals surface area (Å²) >= 11 is 0. The first-order chi connectivity index (χ1) is 14.2. The van der Waals surface area contributed by atoms with Crippen LogP contribution in [0.25, 0.3) is 44.1 Å². The van der Waals surface area contributed by atoms with Gasteiger partial charge in [0.25, 0.3) is 0 Å². The van der Waals surface area contributed by atoms with Gasteiger partial charge in [0.15, 0.2) is 5.78 Å². The van der Waals surface area contributed by atoms with Gasteiger partial charge in [-0.1, -0.05) is 84.4 Å². The van der Waals surface area contributed by atoms with Crippen LogP contribution in [0.4, 0.5) is 0 Å². The average molecular weight is 371 g/mol. The molecule has 1 heterocycles. The molecule has 2 nitrogen and oxygen atoms in total. The first-order valence-electron chi connectivity index (χ1n) is 9.79.